The average molecular weight is 220 g/mol. The molecule has 1 aliphatic rings. The molecule has 4 heteroatoms. The molecule has 0 bridgehead atoms. The monoisotopic (exact) mass is 220 g/mol. The van der Waals surface area contributed by atoms with E-state index in [-0.39, 0.29) is 0 Å². The van der Waals surface area contributed by atoms with Crippen molar-refractivity contribution in [2.24, 2.45) is 0 Å². The second-order valence-electron chi connectivity index (χ2n) is 4.79. The fraction of sp³-hybridized carbons (Fsp3) is 0.667. The number of aryl methyl sites for hydroxylation is 2. The van der Waals surface area contributed by atoms with Crippen LogP contribution in [0.25, 0.3) is 0 Å². The fourth-order valence-corrected chi connectivity index (χ4v) is 2.32. The minimum atomic E-state index is 0.505. The van der Waals surface area contributed by atoms with Crippen molar-refractivity contribution in [1.82, 2.24) is 15.3 Å². The quantitative estimate of drug-likeness (QED) is 0.774. The molecule has 0 amide bonds. The SMILES string of the molecule is Cc1cnc(C)c(N2CC(C)NC(C)C2)n1. The molecule has 4 nitrogen and oxygen atoms in total. The van der Waals surface area contributed by atoms with E-state index in [2.05, 4.69) is 34.0 Å². The number of nitrogens with zero attached hydrogens (tertiary/aromatic N) is 3. The predicted octanol–water partition coefficient (Wildman–Crippen LogP) is 1.28. The van der Waals surface area contributed by atoms with Gasteiger partial charge in [0.25, 0.3) is 0 Å². The highest BCUT2D eigenvalue weighted by molar-refractivity contribution is 5.44. The molecule has 1 aromatic heterocycles. The van der Waals surface area contributed by atoms with Gasteiger partial charge in [-0.05, 0) is 27.7 Å². The van der Waals surface area contributed by atoms with Gasteiger partial charge in [0.2, 0.25) is 0 Å². The van der Waals surface area contributed by atoms with Gasteiger partial charge in [0.05, 0.1) is 11.4 Å². The van der Waals surface area contributed by atoms with Gasteiger partial charge in [0.15, 0.2) is 0 Å². The van der Waals surface area contributed by atoms with Crippen molar-refractivity contribution in [2.75, 3.05) is 18.0 Å². The Morgan fingerprint density at radius 2 is 1.88 bits per heavy atom. The van der Waals surface area contributed by atoms with Crippen LogP contribution in [0.15, 0.2) is 6.20 Å². The first-order valence-electron chi connectivity index (χ1n) is 5.87. The molecule has 0 radical (unpaired) electrons. The van der Waals surface area contributed by atoms with Gasteiger partial charge in [0, 0.05) is 31.4 Å². The van der Waals surface area contributed by atoms with Crippen LogP contribution in [0.4, 0.5) is 5.82 Å². The zero-order valence-electron chi connectivity index (χ0n) is 10.5. The first kappa shape index (κ1) is 11.3. The highest BCUT2D eigenvalue weighted by Gasteiger charge is 2.23. The van der Waals surface area contributed by atoms with Crippen LogP contribution in [0.1, 0.15) is 25.2 Å². The maximum atomic E-state index is 4.60. The maximum absolute atomic E-state index is 4.60. The number of hydrogen-bond acceptors (Lipinski definition) is 4. The molecule has 0 aromatic carbocycles. The van der Waals surface area contributed by atoms with Crippen molar-refractivity contribution in [1.29, 1.82) is 0 Å². The smallest absolute Gasteiger partial charge is 0.150 e. The van der Waals surface area contributed by atoms with E-state index < -0.39 is 0 Å². The molecule has 1 aliphatic heterocycles. The van der Waals surface area contributed by atoms with Gasteiger partial charge in [-0.15, -0.1) is 0 Å². The highest BCUT2D eigenvalue weighted by Crippen LogP contribution is 2.18. The summed E-state index contributed by atoms with van der Waals surface area (Å²) in [5.41, 5.74) is 2.01. The molecule has 1 aromatic rings. The number of anilines is 1. The van der Waals surface area contributed by atoms with Crippen molar-refractivity contribution in [3.8, 4) is 0 Å². The summed E-state index contributed by atoms with van der Waals surface area (Å²) in [5, 5.41) is 3.52. The molecular formula is C12H20N4. The van der Waals surface area contributed by atoms with Crippen molar-refractivity contribution in [3.05, 3.63) is 17.6 Å². The van der Waals surface area contributed by atoms with Crippen LogP contribution in [0, 0.1) is 13.8 Å². The Morgan fingerprint density at radius 3 is 2.50 bits per heavy atom. The van der Waals surface area contributed by atoms with Gasteiger partial charge in [-0.25, -0.2) is 4.98 Å². The number of rotatable bonds is 1. The summed E-state index contributed by atoms with van der Waals surface area (Å²) >= 11 is 0. The van der Waals surface area contributed by atoms with E-state index in [9.17, 15) is 0 Å². The van der Waals surface area contributed by atoms with E-state index >= 15 is 0 Å². The van der Waals surface area contributed by atoms with Gasteiger partial charge >= 0.3 is 0 Å². The first-order valence-corrected chi connectivity index (χ1v) is 5.87. The second kappa shape index (κ2) is 4.37. The lowest BCUT2D eigenvalue weighted by molar-refractivity contribution is 0.404. The van der Waals surface area contributed by atoms with Gasteiger partial charge in [-0.3, -0.25) is 4.98 Å². The topological polar surface area (TPSA) is 41.1 Å². The van der Waals surface area contributed by atoms with E-state index in [1.807, 2.05) is 20.0 Å². The van der Waals surface area contributed by atoms with E-state index in [0.717, 1.165) is 30.3 Å². The lowest BCUT2D eigenvalue weighted by Crippen LogP contribution is -2.54. The summed E-state index contributed by atoms with van der Waals surface area (Å²) in [4.78, 5) is 11.3. The van der Waals surface area contributed by atoms with Crippen LogP contribution in [-0.2, 0) is 0 Å². The third kappa shape index (κ3) is 2.32. The zero-order chi connectivity index (χ0) is 11.7. The Hall–Kier alpha value is -1.16. The van der Waals surface area contributed by atoms with Crippen LogP contribution in [0.5, 0.6) is 0 Å². The molecule has 2 heterocycles. The van der Waals surface area contributed by atoms with Crippen LogP contribution in [-0.4, -0.2) is 35.1 Å². The number of nitrogens with one attached hydrogen (secondary N) is 1. The zero-order valence-corrected chi connectivity index (χ0v) is 10.5. The van der Waals surface area contributed by atoms with Gasteiger partial charge in [0.1, 0.15) is 5.82 Å². The summed E-state index contributed by atoms with van der Waals surface area (Å²) in [5.74, 6) is 1.04. The lowest BCUT2D eigenvalue weighted by Gasteiger charge is -2.37. The molecule has 1 fully saturated rings. The molecule has 16 heavy (non-hydrogen) atoms. The Balaban J connectivity index is 2.25. The standard InChI is InChI=1S/C12H20N4/c1-8-5-13-11(4)12(15-8)16-6-9(2)14-10(3)7-16/h5,9-10,14H,6-7H2,1-4H3. The maximum Gasteiger partial charge on any atom is 0.150 e. The van der Waals surface area contributed by atoms with E-state index in [1.165, 1.54) is 0 Å². The van der Waals surface area contributed by atoms with Gasteiger partial charge < -0.3 is 10.2 Å². The molecule has 0 spiro atoms. The summed E-state index contributed by atoms with van der Waals surface area (Å²) in [7, 11) is 0. The van der Waals surface area contributed by atoms with Gasteiger partial charge in [-0.2, -0.15) is 0 Å². The van der Waals surface area contributed by atoms with E-state index in [1.54, 1.807) is 0 Å². The number of hydrogen-bond donors (Lipinski definition) is 1. The Morgan fingerprint density at radius 1 is 1.25 bits per heavy atom. The number of piperazine rings is 1. The molecule has 0 aliphatic carbocycles. The molecule has 2 unspecified atom stereocenters. The molecule has 0 saturated carbocycles. The van der Waals surface area contributed by atoms with Crippen molar-refractivity contribution in [2.45, 2.75) is 39.8 Å². The van der Waals surface area contributed by atoms with Crippen LogP contribution in [0.2, 0.25) is 0 Å². The largest absolute Gasteiger partial charge is 0.352 e. The minimum absolute atomic E-state index is 0.505. The lowest BCUT2D eigenvalue weighted by atomic mass is 10.1. The Labute approximate surface area is 97.1 Å². The Kier molecular flexibility index (Phi) is 3.10. The van der Waals surface area contributed by atoms with E-state index in [4.69, 9.17) is 0 Å². The van der Waals surface area contributed by atoms with Crippen molar-refractivity contribution >= 4 is 5.82 Å². The van der Waals surface area contributed by atoms with E-state index in [0.29, 0.717) is 12.1 Å². The van der Waals surface area contributed by atoms with Crippen LogP contribution in [0.3, 0.4) is 0 Å². The molecular weight excluding hydrogens is 200 g/mol. The Bertz CT molecular complexity index is 367. The minimum Gasteiger partial charge on any atom is -0.352 e. The molecule has 88 valence electrons. The summed E-state index contributed by atoms with van der Waals surface area (Å²) in [6.45, 7) is 10.4. The summed E-state index contributed by atoms with van der Waals surface area (Å²) in [6, 6.07) is 1.01. The third-order valence-electron chi connectivity index (χ3n) is 2.91. The van der Waals surface area contributed by atoms with Crippen molar-refractivity contribution in [3.63, 3.8) is 0 Å². The predicted molar refractivity (Wildman–Crippen MR) is 65.8 cm³/mol. The molecule has 1 N–H and O–H groups in total. The van der Waals surface area contributed by atoms with Crippen molar-refractivity contribution < 1.29 is 0 Å². The third-order valence-corrected chi connectivity index (χ3v) is 2.91. The average Bonchev–Trinajstić information content (AvgIpc) is 2.20. The molecule has 2 atom stereocenters. The van der Waals surface area contributed by atoms with Gasteiger partial charge in [-0.1, -0.05) is 0 Å². The highest BCUT2D eigenvalue weighted by atomic mass is 15.3. The number of aromatic nitrogens is 2. The summed E-state index contributed by atoms with van der Waals surface area (Å²) in [6.07, 6.45) is 1.83. The summed E-state index contributed by atoms with van der Waals surface area (Å²) < 4.78 is 0. The fourth-order valence-electron chi connectivity index (χ4n) is 2.32. The first-order chi connectivity index (χ1) is 7.56. The second-order valence-corrected chi connectivity index (χ2v) is 4.79. The molecule has 2 rings (SSSR count). The van der Waals surface area contributed by atoms with Crippen LogP contribution >= 0.6 is 0 Å². The molecule has 1 saturated heterocycles. The van der Waals surface area contributed by atoms with Crippen LogP contribution < -0.4 is 10.2 Å². The normalized spacial score (nSPS) is 25.9.